The number of hydrogen-bond acceptors (Lipinski definition) is 5. The lowest BCUT2D eigenvalue weighted by molar-refractivity contribution is -0.385. The predicted molar refractivity (Wildman–Crippen MR) is 99.6 cm³/mol. The van der Waals surface area contributed by atoms with Crippen molar-refractivity contribution in [1.29, 1.82) is 0 Å². The lowest BCUT2D eigenvalue weighted by Gasteiger charge is -2.04. The molecule has 2 aromatic carbocycles. The first kappa shape index (κ1) is 18.1. The van der Waals surface area contributed by atoms with Crippen molar-refractivity contribution in [3.63, 3.8) is 0 Å². The standard InChI is InChI=1S/C17H12ClN5O4/c18-15-14(22(17(25)20-15)11-6-2-1-3-7-11)10-19-21-16(24)12-8-4-5-9-13(12)23(26)27/h1-10H,(H,20,25)(H,21,24)/b19-10-. The van der Waals surface area contributed by atoms with Crippen LogP contribution in [0.5, 0.6) is 0 Å². The average molecular weight is 386 g/mol. The van der Waals surface area contributed by atoms with Crippen molar-refractivity contribution < 1.29 is 9.72 Å². The Morgan fingerprint density at radius 2 is 1.85 bits per heavy atom. The fourth-order valence-electron chi connectivity index (χ4n) is 2.41. The van der Waals surface area contributed by atoms with Crippen molar-refractivity contribution in [2.75, 3.05) is 0 Å². The topological polar surface area (TPSA) is 122 Å². The highest BCUT2D eigenvalue weighted by molar-refractivity contribution is 6.31. The van der Waals surface area contributed by atoms with Gasteiger partial charge in [-0.3, -0.25) is 24.5 Å². The molecule has 0 bridgehead atoms. The third-order valence-corrected chi connectivity index (χ3v) is 3.89. The van der Waals surface area contributed by atoms with Gasteiger partial charge in [0, 0.05) is 6.07 Å². The number of nitrogens with one attached hydrogen (secondary N) is 2. The molecule has 10 heteroatoms. The molecule has 0 saturated heterocycles. The summed E-state index contributed by atoms with van der Waals surface area (Å²) in [7, 11) is 0. The predicted octanol–water partition coefficient (Wildman–Crippen LogP) is 2.49. The number of carbonyl (C=O) groups is 1. The fraction of sp³-hybridized carbons (Fsp3) is 0. The SMILES string of the molecule is O=C(N/N=C\c1c(Cl)[nH]c(=O)n1-c1ccccc1)c1ccccc1[N+](=O)[O-]. The molecule has 0 aliphatic carbocycles. The number of nitro benzene ring substituents is 1. The quantitative estimate of drug-likeness (QED) is 0.398. The number of nitro groups is 1. The Hall–Kier alpha value is -3.72. The van der Waals surface area contributed by atoms with Gasteiger partial charge in [-0.25, -0.2) is 10.2 Å². The van der Waals surface area contributed by atoms with E-state index in [2.05, 4.69) is 15.5 Å². The molecule has 0 saturated carbocycles. The van der Waals surface area contributed by atoms with E-state index in [9.17, 15) is 19.7 Å². The van der Waals surface area contributed by atoms with Crippen molar-refractivity contribution >= 4 is 29.4 Å². The maximum atomic E-state index is 12.2. The highest BCUT2D eigenvalue weighted by Crippen LogP contribution is 2.17. The molecule has 136 valence electrons. The molecule has 0 aliphatic rings. The second-order valence-electron chi connectivity index (χ2n) is 5.27. The maximum absolute atomic E-state index is 12.2. The molecule has 3 rings (SSSR count). The molecular formula is C17H12ClN5O4. The maximum Gasteiger partial charge on any atom is 0.331 e. The van der Waals surface area contributed by atoms with Gasteiger partial charge < -0.3 is 0 Å². The number of carbonyl (C=O) groups excluding carboxylic acids is 1. The molecule has 9 nitrogen and oxygen atoms in total. The second kappa shape index (κ2) is 7.67. The molecule has 0 spiro atoms. The van der Waals surface area contributed by atoms with Gasteiger partial charge in [0.25, 0.3) is 11.6 Å². The smallest absolute Gasteiger partial charge is 0.296 e. The van der Waals surface area contributed by atoms with Gasteiger partial charge in [0.05, 0.1) is 16.8 Å². The highest BCUT2D eigenvalue weighted by atomic mass is 35.5. The largest absolute Gasteiger partial charge is 0.331 e. The first-order chi connectivity index (χ1) is 13.0. The molecule has 0 atom stereocenters. The Kier molecular flexibility index (Phi) is 5.13. The van der Waals surface area contributed by atoms with Crippen LogP contribution in [-0.2, 0) is 0 Å². The van der Waals surface area contributed by atoms with Crippen LogP contribution in [-0.4, -0.2) is 26.6 Å². The van der Waals surface area contributed by atoms with E-state index in [4.69, 9.17) is 11.6 Å². The average Bonchev–Trinajstić information content (AvgIpc) is 2.95. The van der Waals surface area contributed by atoms with Crippen LogP contribution >= 0.6 is 11.6 Å². The van der Waals surface area contributed by atoms with Gasteiger partial charge in [0.1, 0.15) is 16.4 Å². The van der Waals surface area contributed by atoms with Crippen LogP contribution in [0.3, 0.4) is 0 Å². The van der Waals surface area contributed by atoms with Gasteiger partial charge in [-0.2, -0.15) is 5.10 Å². The summed E-state index contributed by atoms with van der Waals surface area (Å²) in [5.74, 6) is -0.765. The van der Waals surface area contributed by atoms with E-state index in [1.54, 1.807) is 30.3 Å². The number of H-pyrrole nitrogens is 1. The molecule has 0 radical (unpaired) electrons. The third-order valence-electron chi connectivity index (χ3n) is 3.60. The normalized spacial score (nSPS) is 10.9. The Morgan fingerprint density at radius 3 is 2.56 bits per heavy atom. The van der Waals surface area contributed by atoms with Crippen LogP contribution in [0.2, 0.25) is 5.15 Å². The zero-order chi connectivity index (χ0) is 19.4. The number of hydrogen-bond donors (Lipinski definition) is 2. The Balaban J connectivity index is 1.87. The number of rotatable bonds is 5. The van der Waals surface area contributed by atoms with E-state index < -0.39 is 16.5 Å². The first-order valence-electron chi connectivity index (χ1n) is 7.62. The van der Waals surface area contributed by atoms with E-state index in [0.29, 0.717) is 5.69 Å². The summed E-state index contributed by atoms with van der Waals surface area (Å²) in [4.78, 5) is 37.1. The number of hydrazone groups is 1. The second-order valence-corrected chi connectivity index (χ2v) is 5.65. The van der Waals surface area contributed by atoms with Crippen LogP contribution < -0.4 is 11.1 Å². The summed E-state index contributed by atoms with van der Waals surface area (Å²) in [6, 6.07) is 14.2. The van der Waals surface area contributed by atoms with E-state index >= 15 is 0 Å². The van der Waals surface area contributed by atoms with Crippen LogP contribution in [0.1, 0.15) is 16.1 Å². The zero-order valence-electron chi connectivity index (χ0n) is 13.6. The number of aromatic amines is 1. The van der Waals surface area contributed by atoms with Crippen LogP contribution in [0.25, 0.3) is 5.69 Å². The minimum atomic E-state index is -0.765. The van der Waals surface area contributed by atoms with Crippen LogP contribution in [0.4, 0.5) is 5.69 Å². The summed E-state index contributed by atoms with van der Waals surface area (Å²) in [6.07, 6.45) is 1.18. The van der Waals surface area contributed by atoms with E-state index in [-0.39, 0.29) is 22.1 Å². The van der Waals surface area contributed by atoms with Gasteiger partial charge in [-0.05, 0) is 18.2 Å². The highest BCUT2D eigenvalue weighted by Gasteiger charge is 2.19. The van der Waals surface area contributed by atoms with Crippen LogP contribution in [0, 0.1) is 10.1 Å². The van der Waals surface area contributed by atoms with Gasteiger partial charge in [-0.15, -0.1) is 0 Å². The summed E-state index contributed by atoms with van der Waals surface area (Å²) < 4.78 is 1.28. The van der Waals surface area contributed by atoms with E-state index in [1.807, 2.05) is 0 Å². The number of amides is 1. The van der Waals surface area contributed by atoms with Gasteiger partial charge in [0.15, 0.2) is 0 Å². The minimum absolute atomic E-state index is 0.0348. The molecule has 1 amide bonds. The van der Waals surface area contributed by atoms with Crippen molar-refractivity contribution in [3.05, 3.63) is 91.6 Å². The summed E-state index contributed by atoms with van der Waals surface area (Å²) in [6.45, 7) is 0. The number of imidazole rings is 1. The first-order valence-corrected chi connectivity index (χ1v) is 7.99. The van der Waals surface area contributed by atoms with Gasteiger partial charge in [0.2, 0.25) is 0 Å². The molecule has 1 heterocycles. The lowest BCUT2D eigenvalue weighted by Crippen LogP contribution is -2.20. The molecule has 0 unspecified atom stereocenters. The van der Waals surface area contributed by atoms with Gasteiger partial charge >= 0.3 is 5.69 Å². The van der Waals surface area contributed by atoms with E-state index in [0.717, 1.165) is 0 Å². The molecule has 0 fully saturated rings. The number of nitrogens with zero attached hydrogens (tertiary/aromatic N) is 3. The van der Waals surface area contributed by atoms with E-state index in [1.165, 1.54) is 35.0 Å². The van der Waals surface area contributed by atoms with Gasteiger partial charge in [-0.1, -0.05) is 41.9 Å². The lowest BCUT2D eigenvalue weighted by atomic mass is 10.2. The molecule has 27 heavy (non-hydrogen) atoms. The zero-order valence-corrected chi connectivity index (χ0v) is 14.4. The number of benzene rings is 2. The van der Waals surface area contributed by atoms with Crippen molar-refractivity contribution in [2.24, 2.45) is 5.10 Å². The summed E-state index contributed by atoms with van der Waals surface area (Å²) >= 11 is 6.03. The fourth-order valence-corrected chi connectivity index (χ4v) is 2.62. The van der Waals surface area contributed by atoms with Crippen molar-refractivity contribution in [2.45, 2.75) is 0 Å². The van der Waals surface area contributed by atoms with Crippen molar-refractivity contribution in [3.8, 4) is 5.69 Å². The molecule has 3 aromatic rings. The molecule has 0 aliphatic heterocycles. The Morgan fingerprint density at radius 1 is 1.19 bits per heavy atom. The monoisotopic (exact) mass is 385 g/mol. The minimum Gasteiger partial charge on any atom is -0.296 e. The number of halogens is 1. The molecule has 1 aromatic heterocycles. The summed E-state index contributed by atoms with van der Waals surface area (Å²) in [5.41, 5.74) is 2.01. The Labute approximate surface area is 157 Å². The molecular weight excluding hydrogens is 374 g/mol. The number of aromatic nitrogens is 2. The molecule has 2 N–H and O–H groups in total. The van der Waals surface area contributed by atoms with Crippen molar-refractivity contribution in [1.82, 2.24) is 15.0 Å². The Bertz CT molecular complexity index is 1090. The number of para-hydroxylation sites is 2. The third kappa shape index (κ3) is 3.77. The van der Waals surface area contributed by atoms with Crippen LogP contribution in [0.15, 0.2) is 64.5 Å². The summed E-state index contributed by atoms with van der Waals surface area (Å²) in [5, 5.41) is 14.8.